The lowest BCUT2D eigenvalue weighted by atomic mass is 9.83. The molecule has 1 fully saturated rings. The third-order valence-corrected chi connectivity index (χ3v) is 9.07. The molecule has 0 saturated carbocycles. The maximum Gasteiger partial charge on any atom is 0.308 e. The third kappa shape index (κ3) is 8.96. The van der Waals surface area contributed by atoms with Gasteiger partial charge in [-0.05, 0) is 67.3 Å². The van der Waals surface area contributed by atoms with E-state index in [1.54, 1.807) is 0 Å². The Kier molecular flexibility index (Phi) is 12.1. The summed E-state index contributed by atoms with van der Waals surface area (Å²) in [5, 5.41) is 20.4. The van der Waals surface area contributed by atoms with Crippen molar-refractivity contribution in [2.45, 2.75) is 70.4 Å². The van der Waals surface area contributed by atoms with Gasteiger partial charge in [0.15, 0.2) is 11.5 Å². The van der Waals surface area contributed by atoms with E-state index in [1.165, 1.54) is 0 Å². The zero-order valence-corrected chi connectivity index (χ0v) is 27.0. The molecule has 2 N–H and O–H groups in total. The van der Waals surface area contributed by atoms with Gasteiger partial charge in [-0.15, -0.1) is 0 Å². The molecule has 0 bridgehead atoms. The minimum Gasteiger partial charge on any atom is -0.481 e. The maximum absolute atomic E-state index is 13.9. The molecule has 0 unspecified atom stereocenters. The van der Waals surface area contributed by atoms with Crippen LogP contribution < -0.4 is 9.47 Å². The van der Waals surface area contributed by atoms with Crippen LogP contribution in [0, 0.1) is 5.92 Å². The molecule has 3 atom stereocenters. The van der Waals surface area contributed by atoms with Gasteiger partial charge in [0.2, 0.25) is 12.7 Å². The number of benzene rings is 2. The van der Waals surface area contributed by atoms with Crippen LogP contribution in [0.15, 0.2) is 42.5 Å². The Labute approximate surface area is 262 Å². The number of aliphatic hydroxyl groups is 1. The number of carboxylic acids is 1. The monoisotopic (exact) mass is 610 g/mol. The van der Waals surface area contributed by atoms with E-state index in [0.717, 1.165) is 79.3 Å². The molecule has 2 aromatic rings. The Morgan fingerprint density at radius 2 is 1.70 bits per heavy atom. The fourth-order valence-corrected chi connectivity index (χ4v) is 6.66. The van der Waals surface area contributed by atoms with Gasteiger partial charge in [-0.3, -0.25) is 14.5 Å². The molecule has 0 spiro atoms. The maximum atomic E-state index is 13.9. The standard InChI is InChI=1S/C35H51N3O6/c1-5-6-18-36(19-9-10-20-38(2,3)4)33(40)23-37-22-29(27-16-17-31-32(21-27)44-25-43-31)34(35(41)42)30(37)15-11-14-26-12-7-8-13-28(26)24-39/h7-8,12-13,16-17,21,29-30,34,39H,5-6,9-11,14-15,18-20,22-25H2,1-4H3/p+1/t29-,30+,34-/m1/s1. The van der Waals surface area contributed by atoms with Crippen LogP contribution in [-0.2, 0) is 22.6 Å². The molecule has 242 valence electrons. The fourth-order valence-electron chi connectivity index (χ4n) is 6.66. The minimum absolute atomic E-state index is 0.0213. The van der Waals surface area contributed by atoms with Crippen LogP contribution in [0.1, 0.15) is 68.1 Å². The second-order valence-corrected chi connectivity index (χ2v) is 13.4. The first-order chi connectivity index (χ1) is 21.1. The number of amides is 1. The summed E-state index contributed by atoms with van der Waals surface area (Å²) in [6, 6.07) is 13.2. The van der Waals surface area contributed by atoms with Gasteiger partial charge in [-0.1, -0.05) is 43.7 Å². The number of fused-ring (bicyclic) bond motifs is 1. The predicted octanol–water partition coefficient (Wildman–Crippen LogP) is 4.51. The third-order valence-electron chi connectivity index (χ3n) is 9.07. The number of hydrogen-bond donors (Lipinski definition) is 2. The van der Waals surface area contributed by atoms with Crippen LogP contribution in [0.2, 0.25) is 0 Å². The van der Waals surface area contributed by atoms with Gasteiger partial charge in [0.25, 0.3) is 0 Å². The van der Waals surface area contributed by atoms with Crippen LogP contribution in [0.5, 0.6) is 11.5 Å². The van der Waals surface area contributed by atoms with E-state index in [1.807, 2.05) is 47.4 Å². The van der Waals surface area contributed by atoms with E-state index in [4.69, 9.17) is 9.47 Å². The highest BCUT2D eigenvalue weighted by molar-refractivity contribution is 5.79. The van der Waals surface area contributed by atoms with Crippen molar-refractivity contribution in [3.05, 3.63) is 59.2 Å². The van der Waals surface area contributed by atoms with E-state index in [9.17, 15) is 19.8 Å². The first-order valence-corrected chi connectivity index (χ1v) is 16.2. The Morgan fingerprint density at radius 3 is 2.41 bits per heavy atom. The van der Waals surface area contributed by atoms with Crippen LogP contribution in [0.4, 0.5) is 0 Å². The number of hydrogen-bond acceptors (Lipinski definition) is 6. The zero-order valence-electron chi connectivity index (χ0n) is 27.0. The minimum atomic E-state index is -0.841. The average Bonchev–Trinajstić information content (AvgIpc) is 3.60. The quantitative estimate of drug-likeness (QED) is 0.201. The first-order valence-electron chi connectivity index (χ1n) is 16.2. The summed E-state index contributed by atoms with van der Waals surface area (Å²) in [6.07, 6.45) is 6.11. The number of aliphatic carboxylic acids is 1. The first kappa shape index (κ1) is 33.7. The Bertz CT molecular complexity index is 1250. The Hall–Kier alpha value is -3.14. The molecule has 2 heterocycles. The van der Waals surface area contributed by atoms with Gasteiger partial charge in [0.05, 0.1) is 46.8 Å². The number of carboxylic acid groups (broad SMARTS) is 1. The van der Waals surface area contributed by atoms with Gasteiger partial charge in [-0.2, -0.15) is 0 Å². The van der Waals surface area contributed by atoms with Crippen molar-refractivity contribution in [2.24, 2.45) is 5.92 Å². The lowest BCUT2D eigenvalue weighted by molar-refractivity contribution is -0.870. The normalized spacial score (nSPS) is 19.8. The van der Waals surface area contributed by atoms with E-state index in [-0.39, 0.29) is 37.8 Å². The summed E-state index contributed by atoms with van der Waals surface area (Å²) in [5.74, 6) is -0.399. The molecule has 2 aromatic carbocycles. The van der Waals surface area contributed by atoms with Crippen LogP contribution in [0.3, 0.4) is 0 Å². The van der Waals surface area contributed by atoms with Crippen molar-refractivity contribution < 1.29 is 33.8 Å². The van der Waals surface area contributed by atoms with Crippen molar-refractivity contribution in [1.29, 1.82) is 0 Å². The number of aliphatic hydroxyl groups excluding tert-OH is 1. The van der Waals surface area contributed by atoms with Gasteiger partial charge in [-0.25, -0.2) is 0 Å². The van der Waals surface area contributed by atoms with Crippen molar-refractivity contribution >= 4 is 11.9 Å². The van der Waals surface area contributed by atoms with Crippen molar-refractivity contribution in [3.8, 4) is 11.5 Å². The van der Waals surface area contributed by atoms with Gasteiger partial charge < -0.3 is 29.1 Å². The van der Waals surface area contributed by atoms with E-state index < -0.39 is 11.9 Å². The Balaban J connectivity index is 1.53. The number of ether oxygens (including phenoxy) is 2. The summed E-state index contributed by atoms with van der Waals surface area (Å²) < 4.78 is 12.0. The molecule has 2 aliphatic heterocycles. The summed E-state index contributed by atoms with van der Waals surface area (Å²) in [4.78, 5) is 30.9. The molecule has 1 saturated heterocycles. The number of carbonyl (C=O) groups excluding carboxylic acids is 1. The number of aryl methyl sites for hydroxylation is 1. The van der Waals surface area contributed by atoms with Crippen LogP contribution >= 0.6 is 0 Å². The second kappa shape index (κ2) is 15.7. The fraction of sp³-hybridized carbons (Fsp3) is 0.600. The summed E-state index contributed by atoms with van der Waals surface area (Å²) >= 11 is 0. The summed E-state index contributed by atoms with van der Waals surface area (Å²) in [6.45, 7) is 5.48. The van der Waals surface area contributed by atoms with E-state index >= 15 is 0 Å². The van der Waals surface area contributed by atoms with E-state index in [0.29, 0.717) is 24.5 Å². The number of likely N-dealkylation sites (tertiary alicyclic amines) is 1. The van der Waals surface area contributed by atoms with Gasteiger partial charge in [0, 0.05) is 31.6 Å². The number of nitrogens with zero attached hydrogens (tertiary/aromatic N) is 3. The summed E-state index contributed by atoms with van der Waals surface area (Å²) in [5.41, 5.74) is 2.88. The highest BCUT2D eigenvalue weighted by Crippen LogP contribution is 2.43. The molecule has 0 aromatic heterocycles. The number of quaternary nitrogens is 1. The van der Waals surface area contributed by atoms with Gasteiger partial charge in [0.1, 0.15) is 0 Å². The largest absolute Gasteiger partial charge is 0.481 e. The summed E-state index contributed by atoms with van der Waals surface area (Å²) in [7, 11) is 6.56. The highest BCUT2D eigenvalue weighted by Gasteiger charge is 2.47. The molecule has 9 nitrogen and oxygen atoms in total. The Morgan fingerprint density at radius 1 is 0.977 bits per heavy atom. The number of unbranched alkanes of at least 4 members (excludes halogenated alkanes) is 2. The zero-order chi connectivity index (χ0) is 31.7. The average molecular weight is 611 g/mol. The molecule has 1 amide bonds. The lowest BCUT2D eigenvalue weighted by Crippen LogP contribution is -2.45. The van der Waals surface area contributed by atoms with Crippen molar-refractivity contribution in [3.63, 3.8) is 0 Å². The number of rotatable bonds is 17. The second-order valence-electron chi connectivity index (χ2n) is 13.4. The van der Waals surface area contributed by atoms with E-state index in [2.05, 4.69) is 33.0 Å². The van der Waals surface area contributed by atoms with Crippen LogP contribution in [0.25, 0.3) is 0 Å². The molecular weight excluding hydrogens is 558 g/mol. The molecule has 4 rings (SSSR count). The molecule has 0 radical (unpaired) electrons. The predicted molar refractivity (Wildman–Crippen MR) is 171 cm³/mol. The smallest absolute Gasteiger partial charge is 0.308 e. The molecule has 0 aliphatic carbocycles. The van der Waals surface area contributed by atoms with Crippen LogP contribution in [-0.4, -0.2) is 103 Å². The van der Waals surface area contributed by atoms with Crippen molar-refractivity contribution in [1.82, 2.24) is 9.80 Å². The molecule has 2 aliphatic rings. The topological polar surface area (TPSA) is 99.5 Å². The molecule has 44 heavy (non-hydrogen) atoms. The molecular formula is C35H52N3O6+. The number of carbonyl (C=O) groups is 2. The lowest BCUT2D eigenvalue weighted by Gasteiger charge is -2.30. The molecule has 9 heteroatoms. The SMILES string of the molecule is CCCCN(CCCC[N+](C)(C)C)C(=O)CN1C[C@H](c2ccc3c(c2)OCO3)[C@@H](C(=O)O)[C@@H]1CCCc1ccccc1CO. The highest BCUT2D eigenvalue weighted by atomic mass is 16.7. The van der Waals surface area contributed by atoms with Gasteiger partial charge >= 0.3 is 5.97 Å². The van der Waals surface area contributed by atoms with Crippen molar-refractivity contribution in [2.75, 3.05) is 60.7 Å².